The Bertz CT molecular complexity index is 461. The predicted molar refractivity (Wildman–Crippen MR) is 90.3 cm³/mol. The number of amides is 1. The van der Waals surface area contributed by atoms with Gasteiger partial charge in [0.25, 0.3) is 0 Å². The Hall–Kier alpha value is -1.39. The summed E-state index contributed by atoms with van der Waals surface area (Å²) in [5.41, 5.74) is 6.91. The summed E-state index contributed by atoms with van der Waals surface area (Å²) < 4.78 is 0. The van der Waals surface area contributed by atoms with Crippen LogP contribution >= 0.6 is 0 Å². The summed E-state index contributed by atoms with van der Waals surface area (Å²) in [6.07, 6.45) is 2.41. The number of carbonyl (C=O) groups excluding carboxylic acids is 1. The molecule has 0 spiro atoms. The molecule has 1 amide bonds. The van der Waals surface area contributed by atoms with Gasteiger partial charge in [-0.25, -0.2) is 0 Å². The van der Waals surface area contributed by atoms with Crippen LogP contribution in [0.5, 0.6) is 0 Å². The smallest absolute Gasteiger partial charge is 0.236 e. The van der Waals surface area contributed by atoms with Crippen molar-refractivity contribution in [2.45, 2.75) is 39.3 Å². The Morgan fingerprint density at radius 2 is 2.09 bits per heavy atom. The molecule has 1 aliphatic heterocycles. The fourth-order valence-electron chi connectivity index (χ4n) is 3.28. The molecule has 0 saturated carbocycles. The summed E-state index contributed by atoms with van der Waals surface area (Å²) in [7, 11) is 0. The topological polar surface area (TPSA) is 49.6 Å². The molecule has 1 atom stereocenters. The third kappa shape index (κ3) is 4.82. The second kappa shape index (κ2) is 8.30. The monoisotopic (exact) mass is 303 g/mol. The Morgan fingerprint density at radius 3 is 2.73 bits per heavy atom. The zero-order chi connectivity index (χ0) is 15.9. The number of carbonyl (C=O) groups is 1. The zero-order valence-electron chi connectivity index (χ0n) is 13.9. The van der Waals surface area contributed by atoms with Crippen LogP contribution in [-0.2, 0) is 11.3 Å². The zero-order valence-corrected chi connectivity index (χ0v) is 13.9. The van der Waals surface area contributed by atoms with Crippen molar-refractivity contribution in [3.63, 3.8) is 0 Å². The van der Waals surface area contributed by atoms with Crippen LogP contribution in [0.1, 0.15) is 32.3 Å². The lowest BCUT2D eigenvalue weighted by Crippen LogP contribution is -2.47. The van der Waals surface area contributed by atoms with Gasteiger partial charge in [-0.1, -0.05) is 30.3 Å². The highest BCUT2D eigenvalue weighted by Crippen LogP contribution is 2.20. The lowest BCUT2D eigenvalue weighted by Gasteiger charge is -2.37. The number of hydrogen-bond donors (Lipinski definition) is 1. The van der Waals surface area contributed by atoms with Gasteiger partial charge in [0, 0.05) is 25.7 Å². The molecule has 4 heteroatoms. The van der Waals surface area contributed by atoms with Crippen LogP contribution in [0.25, 0.3) is 0 Å². The highest BCUT2D eigenvalue weighted by atomic mass is 16.2. The lowest BCUT2D eigenvalue weighted by atomic mass is 9.96. The number of piperidine rings is 1. The van der Waals surface area contributed by atoms with Gasteiger partial charge in [0.05, 0.1) is 6.54 Å². The molecule has 0 unspecified atom stereocenters. The second-order valence-electron chi connectivity index (χ2n) is 6.57. The van der Waals surface area contributed by atoms with Gasteiger partial charge in [0.2, 0.25) is 5.91 Å². The largest absolute Gasteiger partial charge is 0.339 e. The summed E-state index contributed by atoms with van der Waals surface area (Å²) in [5.74, 6) is 0.616. The molecule has 1 fully saturated rings. The van der Waals surface area contributed by atoms with Crippen LogP contribution in [0.3, 0.4) is 0 Å². The van der Waals surface area contributed by atoms with Crippen molar-refractivity contribution in [2.24, 2.45) is 11.7 Å². The van der Waals surface area contributed by atoms with E-state index >= 15 is 0 Å². The summed E-state index contributed by atoms with van der Waals surface area (Å²) in [6, 6.07) is 10.8. The molecule has 1 saturated heterocycles. The van der Waals surface area contributed by atoms with Gasteiger partial charge in [-0.3, -0.25) is 9.69 Å². The highest BCUT2D eigenvalue weighted by molar-refractivity contribution is 5.78. The molecule has 1 heterocycles. The maximum atomic E-state index is 12.0. The minimum Gasteiger partial charge on any atom is -0.339 e. The molecule has 0 aromatic heterocycles. The predicted octanol–water partition coefficient (Wildman–Crippen LogP) is 2.09. The normalized spacial score (nSPS) is 19.4. The first-order valence-electron chi connectivity index (χ1n) is 8.36. The molecule has 2 N–H and O–H groups in total. The summed E-state index contributed by atoms with van der Waals surface area (Å²) in [5, 5.41) is 0. The van der Waals surface area contributed by atoms with Gasteiger partial charge in [-0.2, -0.15) is 0 Å². The first kappa shape index (κ1) is 17.0. The molecule has 22 heavy (non-hydrogen) atoms. The van der Waals surface area contributed by atoms with Crippen molar-refractivity contribution in [1.82, 2.24) is 9.80 Å². The average molecular weight is 303 g/mol. The van der Waals surface area contributed by atoms with Gasteiger partial charge in [0.15, 0.2) is 0 Å². The third-order valence-electron chi connectivity index (χ3n) is 4.43. The van der Waals surface area contributed by atoms with Crippen molar-refractivity contribution in [3.8, 4) is 0 Å². The number of hydrogen-bond acceptors (Lipinski definition) is 3. The van der Waals surface area contributed by atoms with Crippen LogP contribution in [0.4, 0.5) is 0 Å². The van der Waals surface area contributed by atoms with E-state index in [2.05, 4.69) is 49.1 Å². The van der Waals surface area contributed by atoms with E-state index < -0.39 is 0 Å². The molecular formula is C18H29N3O. The Morgan fingerprint density at radius 1 is 1.36 bits per heavy atom. The van der Waals surface area contributed by atoms with Gasteiger partial charge >= 0.3 is 0 Å². The molecule has 1 aromatic carbocycles. The van der Waals surface area contributed by atoms with Crippen LogP contribution in [0, 0.1) is 5.92 Å². The summed E-state index contributed by atoms with van der Waals surface area (Å²) >= 11 is 0. The summed E-state index contributed by atoms with van der Waals surface area (Å²) in [4.78, 5) is 16.4. The van der Waals surface area contributed by atoms with Crippen molar-refractivity contribution in [2.75, 3.05) is 26.2 Å². The first-order chi connectivity index (χ1) is 10.6. The maximum Gasteiger partial charge on any atom is 0.236 e. The molecule has 0 bridgehead atoms. The number of rotatable bonds is 6. The van der Waals surface area contributed by atoms with Crippen molar-refractivity contribution in [3.05, 3.63) is 35.9 Å². The number of nitrogens with two attached hydrogens (primary N) is 1. The number of likely N-dealkylation sites (tertiary alicyclic amines) is 1. The van der Waals surface area contributed by atoms with E-state index in [4.69, 9.17) is 5.73 Å². The number of nitrogens with zero attached hydrogens (tertiary/aromatic N) is 2. The first-order valence-corrected chi connectivity index (χ1v) is 8.36. The molecule has 1 aliphatic rings. The van der Waals surface area contributed by atoms with E-state index in [1.165, 1.54) is 18.4 Å². The lowest BCUT2D eigenvalue weighted by molar-refractivity contribution is -0.132. The van der Waals surface area contributed by atoms with E-state index in [1.54, 1.807) is 0 Å². The Labute approximate surface area is 134 Å². The Kier molecular flexibility index (Phi) is 6.40. The highest BCUT2D eigenvalue weighted by Gasteiger charge is 2.25. The van der Waals surface area contributed by atoms with Crippen molar-refractivity contribution < 1.29 is 4.79 Å². The van der Waals surface area contributed by atoms with E-state index in [1.807, 2.05) is 4.90 Å². The Balaban J connectivity index is 1.91. The van der Waals surface area contributed by atoms with E-state index in [0.717, 1.165) is 26.2 Å². The number of benzene rings is 1. The van der Waals surface area contributed by atoms with E-state index in [-0.39, 0.29) is 18.5 Å². The second-order valence-corrected chi connectivity index (χ2v) is 6.57. The van der Waals surface area contributed by atoms with Crippen molar-refractivity contribution in [1.29, 1.82) is 0 Å². The summed E-state index contributed by atoms with van der Waals surface area (Å²) in [6.45, 7) is 8.30. The van der Waals surface area contributed by atoms with Crippen LogP contribution in [0.2, 0.25) is 0 Å². The molecular weight excluding hydrogens is 274 g/mol. The SMILES string of the molecule is CC(C)N(C[C@@H]1CCCN(Cc2ccccc2)C1)C(=O)CN. The van der Waals surface area contributed by atoms with Gasteiger partial charge in [-0.05, 0) is 44.7 Å². The van der Waals surface area contributed by atoms with Crippen LogP contribution in [0.15, 0.2) is 30.3 Å². The molecule has 4 nitrogen and oxygen atoms in total. The van der Waals surface area contributed by atoms with Gasteiger partial charge in [-0.15, -0.1) is 0 Å². The van der Waals surface area contributed by atoms with Gasteiger partial charge < -0.3 is 10.6 Å². The van der Waals surface area contributed by atoms with Crippen molar-refractivity contribution >= 4 is 5.91 Å². The standard InChI is InChI=1S/C18H29N3O/c1-15(2)21(18(22)11-19)14-17-9-6-10-20(13-17)12-16-7-4-3-5-8-16/h3-5,7-8,15,17H,6,9-14,19H2,1-2H3/t17-/m1/s1. The minimum absolute atomic E-state index is 0.0650. The quantitative estimate of drug-likeness (QED) is 0.875. The fraction of sp³-hybridized carbons (Fsp3) is 0.611. The molecule has 0 aliphatic carbocycles. The van der Waals surface area contributed by atoms with Gasteiger partial charge in [0.1, 0.15) is 0 Å². The molecule has 1 aromatic rings. The third-order valence-corrected chi connectivity index (χ3v) is 4.43. The molecule has 0 radical (unpaired) electrons. The fourth-order valence-corrected chi connectivity index (χ4v) is 3.28. The van der Waals surface area contributed by atoms with Crippen LogP contribution < -0.4 is 5.73 Å². The molecule has 2 rings (SSSR count). The average Bonchev–Trinajstić information content (AvgIpc) is 2.53. The minimum atomic E-state index is 0.0650. The van der Waals surface area contributed by atoms with E-state index in [9.17, 15) is 4.79 Å². The van der Waals surface area contributed by atoms with E-state index in [0.29, 0.717) is 5.92 Å². The van der Waals surface area contributed by atoms with Crippen LogP contribution in [-0.4, -0.2) is 47.9 Å². The molecule has 122 valence electrons. The maximum absolute atomic E-state index is 12.0.